The molecule has 0 aliphatic carbocycles. The fraction of sp³-hybridized carbons (Fsp3) is 0.200. The molecule has 0 aliphatic rings. The minimum atomic E-state index is -0.388. The molecule has 0 fully saturated rings. The second kappa shape index (κ2) is 26.0. The van der Waals surface area contributed by atoms with E-state index in [4.69, 9.17) is 32.7 Å². The van der Waals surface area contributed by atoms with Gasteiger partial charge in [-0.05, 0) is 154 Å². The fourth-order valence-electron chi connectivity index (χ4n) is 8.70. The van der Waals surface area contributed by atoms with Gasteiger partial charge in [-0.15, -0.1) is 0 Å². The first-order valence-corrected chi connectivity index (χ1v) is 25.1. The molecule has 2 aromatic heterocycles. The van der Waals surface area contributed by atoms with Crippen molar-refractivity contribution < 1.29 is 38.1 Å². The van der Waals surface area contributed by atoms with Crippen LogP contribution in [0.5, 0.6) is 0 Å². The third-order valence-electron chi connectivity index (χ3n) is 12.0. The molecule has 380 valence electrons. The number of aliphatic hydroxyl groups excluding tert-OH is 2. The Hall–Kier alpha value is -7.48. The highest BCUT2D eigenvalue weighted by Gasteiger charge is 2.19. The summed E-state index contributed by atoms with van der Waals surface area (Å²) in [6.07, 6.45) is 11.2. The molecular formula is C60H56Cl2F2N4O6. The van der Waals surface area contributed by atoms with Crippen LogP contribution in [0.15, 0.2) is 146 Å². The van der Waals surface area contributed by atoms with E-state index < -0.39 is 0 Å². The van der Waals surface area contributed by atoms with Crippen LogP contribution in [-0.2, 0) is 32.2 Å². The lowest BCUT2D eigenvalue weighted by Gasteiger charge is -2.18. The van der Waals surface area contributed by atoms with E-state index in [0.29, 0.717) is 49.2 Å². The molecule has 74 heavy (non-hydrogen) atoms. The predicted octanol–water partition coefficient (Wildman–Crippen LogP) is 13.5. The van der Waals surface area contributed by atoms with Crippen molar-refractivity contribution in [2.45, 2.75) is 53.6 Å². The van der Waals surface area contributed by atoms with Gasteiger partial charge >= 0.3 is 11.9 Å². The lowest BCUT2D eigenvalue weighted by molar-refractivity contribution is -0.138. The predicted molar refractivity (Wildman–Crippen MR) is 293 cm³/mol. The van der Waals surface area contributed by atoms with E-state index in [-0.39, 0.29) is 36.8 Å². The number of nitrogens with zero attached hydrogens (tertiary/aromatic N) is 4. The molecule has 6 aromatic carbocycles. The molecule has 0 unspecified atom stereocenters. The lowest BCUT2D eigenvalue weighted by atomic mass is 9.87. The van der Waals surface area contributed by atoms with E-state index in [1.54, 1.807) is 53.7 Å². The molecular weight excluding hydrogens is 982 g/mol. The minimum Gasteiger partial charge on any atom is -0.463 e. The Morgan fingerprint density at radius 3 is 1.53 bits per heavy atom. The van der Waals surface area contributed by atoms with E-state index in [2.05, 4.69) is 22.3 Å². The summed E-state index contributed by atoms with van der Waals surface area (Å²) < 4.78 is 41.1. The molecule has 8 rings (SSSR count). The molecule has 0 saturated heterocycles. The van der Waals surface area contributed by atoms with E-state index in [0.717, 1.165) is 88.6 Å². The molecule has 0 bridgehead atoms. The summed E-state index contributed by atoms with van der Waals surface area (Å²) in [6, 6.07) is 36.7. The van der Waals surface area contributed by atoms with Crippen molar-refractivity contribution >= 4 is 91.4 Å². The number of carbonyl (C=O) groups is 2. The van der Waals surface area contributed by atoms with Crippen molar-refractivity contribution in [2.24, 2.45) is 0 Å². The van der Waals surface area contributed by atoms with Crippen LogP contribution in [0, 0.1) is 11.6 Å². The monoisotopic (exact) mass is 1040 g/mol. The molecule has 8 aromatic rings. The van der Waals surface area contributed by atoms with Crippen molar-refractivity contribution in [3.8, 4) is 0 Å². The first-order chi connectivity index (χ1) is 35.9. The molecule has 0 amide bonds. The van der Waals surface area contributed by atoms with Gasteiger partial charge in [-0.25, -0.2) is 18.4 Å². The maximum Gasteiger partial charge on any atom is 0.330 e. The SMILES string of the molecule is CCOC(=O)/C=C/c1ccc(/C(=C(/CC)c2ccc(F)cc2Cl)c2ccc3c(cnn3CCO)c2)cc1.CCOC(=O)/C=C/c1ccc(/C(=C(/CC)c2ccc(F)cc2Cl)c2ccc3nn(CCO)cc3c2)cc1. The van der Waals surface area contributed by atoms with Gasteiger partial charge in [0.1, 0.15) is 11.6 Å². The van der Waals surface area contributed by atoms with Gasteiger partial charge in [0.05, 0.1) is 66.8 Å². The zero-order valence-corrected chi connectivity index (χ0v) is 43.0. The summed E-state index contributed by atoms with van der Waals surface area (Å²) in [6.45, 7) is 9.11. The smallest absolute Gasteiger partial charge is 0.330 e. The topological polar surface area (TPSA) is 129 Å². The summed E-state index contributed by atoms with van der Waals surface area (Å²) in [5, 5.41) is 30.1. The highest BCUT2D eigenvalue weighted by molar-refractivity contribution is 6.33. The van der Waals surface area contributed by atoms with Gasteiger partial charge in [0, 0.05) is 29.1 Å². The Balaban J connectivity index is 0.000000216. The number of esters is 2. The number of fused-ring (bicyclic) bond motifs is 2. The second-order valence-electron chi connectivity index (χ2n) is 16.8. The number of benzene rings is 6. The maximum absolute atomic E-state index is 13.9. The maximum atomic E-state index is 13.9. The van der Waals surface area contributed by atoms with Gasteiger partial charge in [-0.3, -0.25) is 9.36 Å². The number of carbonyl (C=O) groups excluding carboxylic acids is 2. The van der Waals surface area contributed by atoms with E-state index >= 15 is 0 Å². The van der Waals surface area contributed by atoms with Crippen LogP contribution in [0.4, 0.5) is 8.78 Å². The molecule has 0 aliphatic heterocycles. The first-order valence-electron chi connectivity index (χ1n) is 24.3. The van der Waals surface area contributed by atoms with Gasteiger partial charge < -0.3 is 19.7 Å². The van der Waals surface area contributed by atoms with Crippen molar-refractivity contribution in [1.82, 2.24) is 19.6 Å². The summed E-state index contributed by atoms with van der Waals surface area (Å²) in [4.78, 5) is 23.4. The Morgan fingerprint density at radius 1 is 0.595 bits per heavy atom. The average Bonchev–Trinajstić information content (AvgIpc) is 4.00. The van der Waals surface area contributed by atoms with Crippen LogP contribution in [0.25, 0.3) is 56.3 Å². The van der Waals surface area contributed by atoms with Crippen molar-refractivity contribution in [1.29, 1.82) is 0 Å². The van der Waals surface area contributed by atoms with Crippen LogP contribution < -0.4 is 0 Å². The van der Waals surface area contributed by atoms with E-state index in [1.165, 1.54) is 36.4 Å². The standard InChI is InChI=1S/2C30H28ClFN2O3/c1-3-25(26-12-11-24(32)18-27(26)31)30(21-8-5-20(6-9-21)7-14-29(36)37-4-2)22-10-13-28-23(17-22)19-34(33-28)15-16-35;1-3-25(26-12-11-24(32)18-27(26)31)30(21-8-5-20(6-9-21)7-14-29(36)37-4-2)22-10-13-28-23(17-22)19-33-34(28)15-16-35/h2*5-14,17-19,35H,3-4,15-16H2,1-2H3/b2*14-7+,30-25+. The number of aromatic nitrogens is 4. The van der Waals surface area contributed by atoms with Gasteiger partial charge in [0.25, 0.3) is 0 Å². The van der Waals surface area contributed by atoms with Gasteiger partial charge in [-0.1, -0.05) is 110 Å². The van der Waals surface area contributed by atoms with Crippen LogP contribution in [0.1, 0.15) is 85.0 Å². The number of ether oxygens (including phenoxy) is 2. The van der Waals surface area contributed by atoms with Gasteiger partial charge in [-0.2, -0.15) is 10.2 Å². The number of allylic oxidation sites excluding steroid dienone is 2. The van der Waals surface area contributed by atoms with Crippen molar-refractivity contribution in [3.63, 3.8) is 0 Å². The molecule has 0 atom stereocenters. The Labute approximate surface area is 439 Å². The minimum absolute atomic E-state index is 0.00367. The quantitative estimate of drug-likeness (QED) is 0.0494. The number of hydrogen-bond donors (Lipinski definition) is 2. The highest BCUT2D eigenvalue weighted by atomic mass is 35.5. The van der Waals surface area contributed by atoms with Crippen molar-refractivity contribution in [2.75, 3.05) is 26.4 Å². The Kier molecular flexibility index (Phi) is 19.0. The lowest BCUT2D eigenvalue weighted by Crippen LogP contribution is -2.03. The van der Waals surface area contributed by atoms with Crippen molar-refractivity contribution in [3.05, 3.63) is 212 Å². The zero-order valence-electron chi connectivity index (χ0n) is 41.5. The average molecular weight is 1040 g/mol. The van der Waals surface area contributed by atoms with Crippen LogP contribution in [0.2, 0.25) is 10.0 Å². The largest absolute Gasteiger partial charge is 0.463 e. The Bertz CT molecular complexity index is 3240. The number of halogens is 4. The fourth-order valence-corrected chi connectivity index (χ4v) is 9.26. The summed E-state index contributed by atoms with van der Waals surface area (Å²) in [7, 11) is 0. The molecule has 2 N–H and O–H groups in total. The molecule has 0 spiro atoms. The number of hydrogen-bond acceptors (Lipinski definition) is 8. The summed E-state index contributed by atoms with van der Waals surface area (Å²) in [5.41, 5.74) is 12.7. The molecule has 2 heterocycles. The first kappa shape index (κ1) is 54.3. The second-order valence-corrected chi connectivity index (χ2v) is 17.6. The van der Waals surface area contributed by atoms with Gasteiger partial charge in [0.2, 0.25) is 0 Å². The Morgan fingerprint density at radius 2 is 1.07 bits per heavy atom. The highest BCUT2D eigenvalue weighted by Crippen LogP contribution is 2.40. The van der Waals surface area contributed by atoms with Crippen LogP contribution in [-0.4, -0.2) is 68.1 Å². The third-order valence-corrected chi connectivity index (χ3v) is 12.7. The van der Waals surface area contributed by atoms with E-state index in [1.807, 2.05) is 92.8 Å². The van der Waals surface area contributed by atoms with Crippen LogP contribution >= 0.6 is 23.2 Å². The van der Waals surface area contributed by atoms with E-state index in [9.17, 15) is 28.6 Å². The normalized spacial score (nSPS) is 12.2. The van der Waals surface area contributed by atoms with Crippen LogP contribution in [0.3, 0.4) is 0 Å². The molecule has 0 saturated carbocycles. The van der Waals surface area contributed by atoms with Gasteiger partial charge in [0.15, 0.2) is 0 Å². The summed E-state index contributed by atoms with van der Waals surface area (Å²) in [5.74, 6) is -1.55. The summed E-state index contributed by atoms with van der Waals surface area (Å²) >= 11 is 13.0. The molecule has 0 radical (unpaired) electrons. The third kappa shape index (κ3) is 13.4. The molecule has 10 nitrogen and oxygen atoms in total. The number of rotatable bonds is 18. The zero-order chi connectivity index (χ0) is 52.7. The molecule has 14 heteroatoms. The number of aliphatic hydroxyl groups is 2.